The van der Waals surface area contributed by atoms with Gasteiger partial charge in [-0.3, -0.25) is 10.1 Å². The van der Waals surface area contributed by atoms with Gasteiger partial charge in [-0.2, -0.15) is 0 Å². The lowest BCUT2D eigenvalue weighted by Crippen LogP contribution is -2.06. The van der Waals surface area contributed by atoms with E-state index >= 15 is 0 Å². The number of nitrogens with zero attached hydrogens (tertiary/aromatic N) is 2. The molecule has 0 aliphatic rings. The molecule has 0 aliphatic heterocycles. The van der Waals surface area contributed by atoms with Crippen molar-refractivity contribution in [3.05, 3.63) is 50.0 Å². The minimum absolute atomic E-state index is 0.0770. The first-order valence-electron chi connectivity index (χ1n) is 5.92. The lowest BCUT2D eigenvalue weighted by molar-refractivity contribution is -0.384. The molecule has 0 aliphatic carbocycles. The van der Waals surface area contributed by atoms with Crippen LogP contribution in [0.25, 0.3) is 0 Å². The van der Waals surface area contributed by atoms with Crippen molar-refractivity contribution in [2.24, 2.45) is 0 Å². The highest BCUT2D eigenvalue weighted by Gasteiger charge is 2.14. The van der Waals surface area contributed by atoms with E-state index in [2.05, 4.69) is 10.3 Å². The number of aromatic nitrogens is 1. The maximum absolute atomic E-state index is 10.7. The number of anilines is 1. The lowest BCUT2D eigenvalue weighted by atomic mass is 10.2. The van der Waals surface area contributed by atoms with Gasteiger partial charge in [0.1, 0.15) is 0 Å². The van der Waals surface area contributed by atoms with Crippen LogP contribution in [0, 0.1) is 24.0 Å². The molecule has 19 heavy (non-hydrogen) atoms. The van der Waals surface area contributed by atoms with Crippen LogP contribution in [0.5, 0.6) is 0 Å². The largest absolute Gasteiger partial charge is 0.377 e. The fraction of sp³-hybridized carbons (Fsp3) is 0.308. The molecular weight excluding hydrogens is 262 g/mol. The number of rotatable bonds is 4. The van der Waals surface area contributed by atoms with Gasteiger partial charge in [0.25, 0.3) is 5.69 Å². The van der Waals surface area contributed by atoms with Crippen LogP contribution in [0.4, 0.5) is 11.4 Å². The van der Waals surface area contributed by atoms with Gasteiger partial charge in [0.05, 0.1) is 21.7 Å². The predicted octanol–water partition coefficient (Wildman–Crippen LogP) is 3.84. The van der Waals surface area contributed by atoms with Crippen molar-refractivity contribution in [1.29, 1.82) is 0 Å². The summed E-state index contributed by atoms with van der Waals surface area (Å²) in [4.78, 5) is 15.9. The third-order valence-corrected chi connectivity index (χ3v) is 4.03. The van der Waals surface area contributed by atoms with Gasteiger partial charge in [-0.25, -0.2) is 4.98 Å². The molecule has 5 nitrogen and oxygen atoms in total. The minimum atomic E-state index is -0.391. The van der Waals surface area contributed by atoms with Gasteiger partial charge in [-0.1, -0.05) is 6.07 Å². The van der Waals surface area contributed by atoms with Gasteiger partial charge in [-0.15, -0.1) is 11.3 Å². The summed E-state index contributed by atoms with van der Waals surface area (Å²) >= 11 is 1.64. The molecule has 0 radical (unpaired) electrons. The molecule has 0 bridgehead atoms. The number of hydrogen-bond acceptors (Lipinski definition) is 5. The number of hydrogen-bond donors (Lipinski definition) is 1. The number of non-ortho nitro benzene ring substituents is 1. The molecule has 1 heterocycles. The molecule has 1 N–H and O–H groups in total. The van der Waals surface area contributed by atoms with E-state index in [9.17, 15) is 10.1 Å². The maximum atomic E-state index is 10.7. The summed E-state index contributed by atoms with van der Waals surface area (Å²) in [5.41, 5.74) is 1.84. The molecule has 0 fully saturated rings. The molecule has 0 saturated carbocycles. The van der Waals surface area contributed by atoms with Crippen LogP contribution in [0.15, 0.2) is 24.3 Å². The van der Waals surface area contributed by atoms with Crippen molar-refractivity contribution in [2.75, 3.05) is 5.32 Å². The Bertz CT molecular complexity index is 610. The molecule has 1 aromatic heterocycles. The summed E-state index contributed by atoms with van der Waals surface area (Å²) in [6.45, 7) is 5.98. The first-order chi connectivity index (χ1) is 8.97. The van der Waals surface area contributed by atoms with E-state index in [1.807, 2.05) is 26.8 Å². The highest BCUT2D eigenvalue weighted by atomic mass is 32.1. The fourth-order valence-electron chi connectivity index (χ4n) is 1.97. The van der Waals surface area contributed by atoms with Crippen LogP contribution < -0.4 is 5.32 Å². The zero-order valence-electron chi connectivity index (χ0n) is 11.0. The Labute approximate surface area is 115 Å². The van der Waals surface area contributed by atoms with Crippen molar-refractivity contribution < 1.29 is 4.92 Å². The Morgan fingerprint density at radius 1 is 1.42 bits per heavy atom. The second-order valence-corrected chi connectivity index (χ2v) is 5.59. The molecule has 100 valence electrons. The molecular formula is C13H15N3O2S. The summed E-state index contributed by atoms with van der Waals surface area (Å²) < 4.78 is 0. The predicted molar refractivity (Wildman–Crippen MR) is 76.7 cm³/mol. The number of nitrogens with one attached hydrogen (secondary N) is 1. The Hall–Kier alpha value is -1.95. The van der Waals surface area contributed by atoms with E-state index in [0.29, 0.717) is 0 Å². The number of benzene rings is 1. The van der Waals surface area contributed by atoms with Crippen LogP contribution in [0.2, 0.25) is 0 Å². The van der Waals surface area contributed by atoms with E-state index in [1.165, 1.54) is 6.07 Å². The van der Waals surface area contributed by atoms with E-state index in [0.717, 1.165) is 21.3 Å². The minimum Gasteiger partial charge on any atom is -0.377 e. The normalized spacial score (nSPS) is 12.2. The highest BCUT2D eigenvalue weighted by molar-refractivity contribution is 7.11. The van der Waals surface area contributed by atoms with Crippen molar-refractivity contribution in [2.45, 2.75) is 26.8 Å². The average Bonchev–Trinajstić information content (AvgIpc) is 2.69. The second kappa shape index (κ2) is 5.36. The van der Waals surface area contributed by atoms with Crippen LogP contribution in [0.1, 0.15) is 28.5 Å². The Kier molecular flexibility index (Phi) is 3.80. The zero-order valence-corrected chi connectivity index (χ0v) is 11.8. The van der Waals surface area contributed by atoms with Gasteiger partial charge >= 0.3 is 0 Å². The molecule has 6 heteroatoms. The van der Waals surface area contributed by atoms with Crippen LogP contribution in [-0.4, -0.2) is 9.91 Å². The molecule has 1 aromatic carbocycles. The van der Waals surface area contributed by atoms with Gasteiger partial charge in [0, 0.05) is 22.7 Å². The fourth-order valence-corrected chi connectivity index (χ4v) is 2.90. The summed E-state index contributed by atoms with van der Waals surface area (Å²) in [6, 6.07) is 6.61. The number of thiazole rings is 1. The molecule has 1 unspecified atom stereocenters. The average molecular weight is 277 g/mol. The van der Waals surface area contributed by atoms with Crippen molar-refractivity contribution in [1.82, 2.24) is 4.98 Å². The third kappa shape index (κ3) is 3.08. The molecule has 1 atom stereocenters. The molecule has 2 aromatic rings. The summed E-state index contributed by atoms with van der Waals surface area (Å²) in [7, 11) is 0. The van der Waals surface area contributed by atoms with Crippen molar-refractivity contribution in [3.63, 3.8) is 0 Å². The highest BCUT2D eigenvalue weighted by Crippen LogP contribution is 2.28. The number of aryl methyl sites for hydroxylation is 2. The smallest absolute Gasteiger partial charge is 0.271 e. The molecule has 0 amide bonds. The molecule has 0 saturated heterocycles. The summed E-state index contributed by atoms with van der Waals surface area (Å²) in [5.74, 6) is 0. The maximum Gasteiger partial charge on any atom is 0.271 e. The summed E-state index contributed by atoms with van der Waals surface area (Å²) in [5, 5.41) is 15.0. The standard InChI is InChI=1S/C13H15N3O2S/c1-8-13(19-10(3)14-8)9(2)15-11-5-4-6-12(7-11)16(17)18/h4-7,9,15H,1-3H3. The van der Waals surface area contributed by atoms with E-state index < -0.39 is 4.92 Å². The van der Waals surface area contributed by atoms with Gasteiger partial charge in [-0.05, 0) is 26.8 Å². The van der Waals surface area contributed by atoms with Gasteiger partial charge in [0.15, 0.2) is 0 Å². The first kappa shape index (κ1) is 13.5. The molecule has 0 spiro atoms. The third-order valence-electron chi connectivity index (χ3n) is 2.77. The quantitative estimate of drug-likeness (QED) is 0.681. The van der Waals surface area contributed by atoms with E-state index in [-0.39, 0.29) is 11.7 Å². The molecule has 2 rings (SSSR count). The van der Waals surface area contributed by atoms with Crippen LogP contribution >= 0.6 is 11.3 Å². The van der Waals surface area contributed by atoms with E-state index in [4.69, 9.17) is 0 Å². The van der Waals surface area contributed by atoms with Crippen molar-refractivity contribution in [3.8, 4) is 0 Å². The Balaban J connectivity index is 2.19. The summed E-state index contributed by atoms with van der Waals surface area (Å²) in [6.07, 6.45) is 0. The van der Waals surface area contributed by atoms with Crippen LogP contribution in [0.3, 0.4) is 0 Å². The topological polar surface area (TPSA) is 68.1 Å². The SMILES string of the molecule is Cc1nc(C)c(C(C)Nc2cccc([N+](=O)[O-])c2)s1. The second-order valence-electron chi connectivity index (χ2n) is 4.36. The Morgan fingerprint density at radius 3 is 2.74 bits per heavy atom. The van der Waals surface area contributed by atoms with Crippen LogP contribution in [-0.2, 0) is 0 Å². The van der Waals surface area contributed by atoms with Crippen molar-refractivity contribution >= 4 is 22.7 Å². The number of nitro groups is 1. The number of nitro benzene ring substituents is 1. The van der Waals surface area contributed by atoms with E-state index in [1.54, 1.807) is 23.5 Å². The lowest BCUT2D eigenvalue weighted by Gasteiger charge is -2.14. The van der Waals surface area contributed by atoms with Gasteiger partial charge in [0.2, 0.25) is 0 Å². The zero-order chi connectivity index (χ0) is 14.0. The monoisotopic (exact) mass is 277 g/mol. The Morgan fingerprint density at radius 2 is 2.16 bits per heavy atom. The van der Waals surface area contributed by atoms with Gasteiger partial charge < -0.3 is 5.32 Å². The first-order valence-corrected chi connectivity index (χ1v) is 6.74.